The highest BCUT2D eigenvalue weighted by molar-refractivity contribution is 7.99. The third kappa shape index (κ3) is 11.3. The number of Topliss-reactive ketones (excluding diaryl/α,β-unsaturated/α-hetero) is 1. The van der Waals surface area contributed by atoms with E-state index in [4.69, 9.17) is 28.1 Å². The molecule has 9 nitrogen and oxygen atoms in total. The molecule has 1 saturated heterocycles. The van der Waals surface area contributed by atoms with Crippen molar-refractivity contribution in [3.8, 4) is 0 Å². The summed E-state index contributed by atoms with van der Waals surface area (Å²) in [6.07, 6.45) is -3.94. The van der Waals surface area contributed by atoms with E-state index in [-0.39, 0.29) is 38.6 Å². The lowest BCUT2D eigenvalue weighted by Crippen LogP contribution is -2.61. The molecule has 0 amide bonds. The van der Waals surface area contributed by atoms with Crippen molar-refractivity contribution in [2.24, 2.45) is 0 Å². The fourth-order valence-electron chi connectivity index (χ4n) is 7.03. The van der Waals surface area contributed by atoms with E-state index >= 15 is 0 Å². The van der Waals surface area contributed by atoms with Crippen LogP contribution in [0, 0.1) is 0 Å². The number of benzene rings is 3. The van der Waals surface area contributed by atoms with E-state index in [9.17, 15) is 14.4 Å². The molecular weight excluding hydrogens is 697 g/mol. The lowest BCUT2D eigenvalue weighted by Gasteiger charge is -2.45. The first kappa shape index (κ1) is 41.4. The van der Waals surface area contributed by atoms with E-state index in [0.29, 0.717) is 22.2 Å². The molecule has 1 fully saturated rings. The van der Waals surface area contributed by atoms with E-state index < -0.39 is 50.1 Å². The molecule has 1 aliphatic rings. The monoisotopic (exact) mass is 750 g/mol. The molecule has 52 heavy (non-hydrogen) atoms. The third-order valence-corrected chi connectivity index (χ3v) is 16.6. The van der Waals surface area contributed by atoms with Crippen molar-refractivity contribution in [3.05, 3.63) is 102 Å². The number of ketones is 1. The standard InChI is InChI=1S/C41H54O9SSi/c1-28(2)52(29(3)4,30(5)6)47-27-45-26-35-37(49-36(43)24-23-31(7)42)38(46-25-32-17-11-8-12-18-32)39(50-40(44)33-19-13-9-14-20-33)41(48-35)51-34-21-15-10-16-22-34/h8-22,28-30,35,37-39,41H,23-27H2,1-7H3/t35-,37+,38-,39+,41-/m0/s1. The van der Waals surface area contributed by atoms with Crippen LogP contribution in [0.25, 0.3) is 0 Å². The van der Waals surface area contributed by atoms with Gasteiger partial charge in [0.05, 0.1) is 25.2 Å². The lowest BCUT2D eigenvalue weighted by atomic mass is 9.98. The molecular formula is C41H54O9SSi. The van der Waals surface area contributed by atoms with E-state index in [1.54, 1.807) is 24.3 Å². The maximum Gasteiger partial charge on any atom is 0.338 e. The summed E-state index contributed by atoms with van der Waals surface area (Å²) in [5, 5.41) is 0. The Bertz CT molecular complexity index is 1520. The summed E-state index contributed by atoms with van der Waals surface area (Å²) in [5.41, 5.74) is 1.56. The van der Waals surface area contributed by atoms with Crippen LogP contribution in [0.2, 0.25) is 16.6 Å². The number of carbonyl (C=O) groups is 3. The normalized spacial score (nSPS) is 20.6. The summed E-state index contributed by atoms with van der Waals surface area (Å²) in [6.45, 7) is 14.9. The van der Waals surface area contributed by atoms with Gasteiger partial charge in [0.2, 0.25) is 8.32 Å². The average molecular weight is 751 g/mol. The quantitative estimate of drug-likeness (QED) is 0.0511. The Morgan fingerprint density at radius 3 is 1.88 bits per heavy atom. The van der Waals surface area contributed by atoms with Crippen LogP contribution >= 0.6 is 11.8 Å². The minimum atomic E-state index is -2.24. The van der Waals surface area contributed by atoms with Gasteiger partial charge in [-0.15, -0.1) is 0 Å². The Morgan fingerprint density at radius 1 is 0.731 bits per heavy atom. The van der Waals surface area contributed by atoms with Crippen molar-refractivity contribution in [3.63, 3.8) is 0 Å². The number of hydrogen-bond donors (Lipinski definition) is 0. The smallest absolute Gasteiger partial charge is 0.338 e. The van der Waals surface area contributed by atoms with Crippen molar-refractivity contribution < 1.29 is 42.5 Å². The summed E-state index contributed by atoms with van der Waals surface area (Å²) >= 11 is 1.38. The summed E-state index contributed by atoms with van der Waals surface area (Å²) in [5.74, 6) is -1.29. The van der Waals surface area contributed by atoms with Crippen LogP contribution in [-0.4, -0.2) is 69.3 Å². The molecule has 3 aromatic rings. The Morgan fingerprint density at radius 2 is 1.31 bits per heavy atom. The van der Waals surface area contributed by atoms with Gasteiger partial charge in [-0.05, 0) is 53.4 Å². The Balaban J connectivity index is 1.71. The highest BCUT2D eigenvalue weighted by Crippen LogP contribution is 2.42. The fourth-order valence-corrected chi connectivity index (χ4v) is 13.4. The molecule has 0 radical (unpaired) electrons. The summed E-state index contributed by atoms with van der Waals surface area (Å²) < 4.78 is 38.7. The van der Waals surface area contributed by atoms with E-state index in [0.717, 1.165) is 10.5 Å². The van der Waals surface area contributed by atoms with Crippen LogP contribution in [0.3, 0.4) is 0 Å². The molecule has 4 rings (SSSR count). The molecule has 282 valence electrons. The number of thioether (sulfide) groups is 1. The molecule has 5 atom stereocenters. The van der Waals surface area contributed by atoms with Gasteiger partial charge in [0.15, 0.2) is 12.2 Å². The second-order valence-corrected chi connectivity index (χ2v) is 20.7. The first-order valence-corrected chi connectivity index (χ1v) is 21.1. The maximum absolute atomic E-state index is 13.7. The molecule has 11 heteroatoms. The summed E-state index contributed by atoms with van der Waals surface area (Å²) in [7, 11) is -2.24. The van der Waals surface area contributed by atoms with Crippen LogP contribution in [0.1, 0.15) is 77.2 Å². The van der Waals surface area contributed by atoms with Crippen LogP contribution in [-0.2, 0) is 44.3 Å². The second kappa shape index (κ2) is 20.2. The summed E-state index contributed by atoms with van der Waals surface area (Å²) in [4.78, 5) is 39.7. The Labute approximate surface area is 314 Å². The van der Waals surface area contributed by atoms with Crippen molar-refractivity contribution >= 4 is 37.8 Å². The summed E-state index contributed by atoms with van der Waals surface area (Å²) in [6, 6.07) is 28.0. The Kier molecular flexibility index (Phi) is 16.1. The van der Waals surface area contributed by atoms with Gasteiger partial charge in [-0.2, -0.15) is 0 Å². The number of ether oxygens (including phenoxy) is 5. The van der Waals surface area contributed by atoms with Gasteiger partial charge in [-0.25, -0.2) is 4.79 Å². The lowest BCUT2D eigenvalue weighted by molar-refractivity contribution is -0.239. The highest BCUT2D eigenvalue weighted by Gasteiger charge is 2.52. The van der Waals surface area contributed by atoms with Crippen LogP contribution < -0.4 is 0 Å². The van der Waals surface area contributed by atoms with Crippen molar-refractivity contribution in [2.75, 3.05) is 13.4 Å². The maximum atomic E-state index is 13.7. The first-order chi connectivity index (χ1) is 24.9. The van der Waals surface area contributed by atoms with Crippen molar-refractivity contribution in [1.29, 1.82) is 0 Å². The molecule has 0 bridgehead atoms. The van der Waals surface area contributed by atoms with E-state index in [1.807, 2.05) is 66.7 Å². The molecule has 0 saturated carbocycles. The zero-order valence-electron chi connectivity index (χ0n) is 31.4. The van der Waals surface area contributed by atoms with Gasteiger partial charge in [-0.1, -0.05) is 120 Å². The minimum absolute atomic E-state index is 0.0137. The molecule has 0 aliphatic carbocycles. The van der Waals surface area contributed by atoms with Gasteiger partial charge in [0.1, 0.15) is 30.2 Å². The average Bonchev–Trinajstić information content (AvgIpc) is 3.12. The third-order valence-electron chi connectivity index (χ3n) is 9.45. The van der Waals surface area contributed by atoms with E-state index in [2.05, 4.69) is 41.5 Å². The van der Waals surface area contributed by atoms with Gasteiger partial charge >= 0.3 is 11.9 Å². The van der Waals surface area contributed by atoms with E-state index in [1.165, 1.54) is 18.7 Å². The SMILES string of the molecule is CC(=O)CCC(=O)O[C@H]1[C@H](OCc2ccccc2)[C@@H](OC(=O)c2ccccc2)[C@H](Sc2ccccc2)O[C@H]1COCO[Si](C(C)C)(C(C)C)C(C)C. The van der Waals surface area contributed by atoms with Gasteiger partial charge in [0.25, 0.3) is 0 Å². The topological polar surface area (TPSA) is 107 Å². The fraction of sp³-hybridized carbons (Fsp3) is 0.488. The van der Waals surface area contributed by atoms with Crippen LogP contribution in [0.15, 0.2) is 95.9 Å². The van der Waals surface area contributed by atoms with Crippen molar-refractivity contribution in [2.45, 2.75) is 119 Å². The van der Waals surface area contributed by atoms with Crippen LogP contribution in [0.5, 0.6) is 0 Å². The van der Waals surface area contributed by atoms with Gasteiger partial charge in [-0.3, -0.25) is 4.79 Å². The molecule has 3 aromatic carbocycles. The van der Waals surface area contributed by atoms with Crippen LogP contribution in [0.4, 0.5) is 0 Å². The predicted molar refractivity (Wildman–Crippen MR) is 204 cm³/mol. The van der Waals surface area contributed by atoms with Crippen molar-refractivity contribution in [1.82, 2.24) is 0 Å². The highest BCUT2D eigenvalue weighted by atomic mass is 32.2. The number of hydrogen-bond acceptors (Lipinski definition) is 10. The molecule has 0 N–H and O–H groups in total. The second-order valence-electron chi connectivity index (χ2n) is 14.1. The number of esters is 2. The zero-order valence-corrected chi connectivity index (χ0v) is 33.2. The molecule has 1 aliphatic heterocycles. The van der Waals surface area contributed by atoms with Gasteiger partial charge < -0.3 is 32.9 Å². The van der Waals surface area contributed by atoms with Gasteiger partial charge in [0, 0.05) is 11.3 Å². The number of rotatable bonds is 19. The minimum Gasteiger partial charge on any atom is -0.457 e. The molecule has 0 aromatic heterocycles. The first-order valence-electron chi connectivity index (χ1n) is 18.1. The predicted octanol–water partition coefficient (Wildman–Crippen LogP) is 8.76. The molecule has 1 heterocycles. The molecule has 0 spiro atoms. The molecule has 0 unspecified atom stereocenters. The number of carbonyl (C=O) groups excluding carboxylic acids is 3. The largest absolute Gasteiger partial charge is 0.457 e. The Hall–Kier alpha value is -3.32. The zero-order chi connectivity index (χ0) is 37.7.